The Labute approximate surface area is 270 Å². The molecule has 46 heavy (non-hydrogen) atoms. The van der Waals surface area contributed by atoms with E-state index in [2.05, 4.69) is 13.5 Å². The first-order valence-electron chi connectivity index (χ1n) is 16.4. The minimum atomic E-state index is -1.68. The van der Waals surface area contributed by atoms with Crippen molar-refractivity contribution in [1.29, 1.82) is 0 Å². The first kappa shape index (κ1) is 35.3. The van der Waals surface area contributed by atoms with Crippen LogP contribution in [-0.2, 0) is 19.1 Å². The summed E-state index contributed by atoms with van der Waals surface area (Å²) < 4.78 is 11.3. The van der Waals surface area contributed by atoms with Crippen molar-refractivity contribution >= 4 is 11.6 Å². The van der Waals surface area contributed by atoms with Crippen molar-refractivity contribution in [2.75, 3.05) is 6.61 Å². The number of allylic oxidation sites excluding steroid dienone is 5. The number of carbonyl (C=O) groups is 2. The third kappa shape index (κ3) is 5.00. The molecule has 0 aromatic rings. The van der Waals surface area contributed by atoms with Crippen LogP contribution in [0.2, 0.25) is 0 Å². The summed E-state index contributed by atoms with van der Waals surface area (Å²) in [6, 6.07) is 0. The van der Waals surface area contributed by atoms with Gasteiger partial charge in [-0.2, -0.15) is 0 Å². The second-order valence-corrected chi connectivity index (χ2v) is 15.6. The topological polar surface area (TPSA) is 194 Å². The molecule has 0 aromatic heterocycles. The minimum Gasteiger partial charge on any atom is -0.458 e. The SMILES string of the molecule is C=C(C)CCC(O)C(C)(O)C1C(O)CC2(C)C3CC=C4C(C)=C(OC5OC(CO)C(O)C(O)C5O)C(=O)CC4C3(C)C(=O)CC12C. The molecular weight excluding hydrogens is 596 g/mol. The number of aliphatic hydroxyl groups excluding tert-OH is 6. The monoisotopic (exact) mass is 648 g/mol. The van der Waals surface area contributed by atoms with Gasteiger partial charge in [-0.1, -0.05) is 32.4 Å². The molecule has 3 fully saturated rings. The van der Waals surface area contributed by atoms with Crippen LogP contribution in [-0.4, -0.2) is 102 Å². The van der Waals surface area contributed by atoms with Gasteiger partial charge < -0.3 is 45.2 Å². The summed E-state index contributed by atoms with van der Waals surface area (Å²) in [4.78, 5) is 28.2. The van der Waals surface area contributed by atoms with Crippen LogP contribution in [0.15, 0.2) is 35.1 Å². The zero-order chi connectivity index (χ0) is 34.3. The lowest BCUT2D eigenvalue weighted by Crippen LogP contribution is -2.64. The molecule has 11 heteroatoms. The van der Waals surface area contributed by atoms with Crippen molar-refractivity contribution in [3.63, 3.8) is 0 Å². The summed E-state index contributed by atoms with van der Waals surface area (Å²) in [7, 11) is 0. The first-order valence-corrected chi connectivity index (χ1v) is 16.4. The van der Waals surface area contributed by atoms with Crippen LogP contribution in [0.5, 0.6) is 0 Å². The molecule has 0 radical (unpaired) electrons. The van der Waals surface area contributed by atoms with Crippen molar-refractivity contribution in [3.05, 3.63) is 35.1 Å². The van der Waals surface area contributed by atoms with Crippen LogP contribution in [0.4, 0.5) is 0 Å². The molecule has 7 N–H and O–H groups in total. The summed E-state index contributed by atoms with van der Waals surface area (Å²) in [5, 5.41) is 75.0. The van der Waals surface area contributed by atoms with Gasteiger partial charge in [0.15, 0.2) is 11.5 Å². The number of aliphatic hydroxyl groups is 7. The number of ether oxygens (including phenoxy) is 2. The van der Waals surface area contributed by atoms with Gasteiger partial charge in [0.05, 0.1) is 24.4 Å². The number of carbonyl (C=O) groups excluding carboxylic acids is 2. The van der Waals surface area contributed by atoms with Crippen molar-refractivity contribution < 1.29 is 54.8 Å². The average Bonchev–Trinajstić information content (AvgIpc) is 3.18. The van der Waals surface area contributed by atoms with E-state index in [1.165, 1.54) is 0 Å². The number of rotatable bonds is 8. The predicted octanol–water partition coefficient (Wildman–Crippen LogP) is 1.45. The molecule has 0 bridgehead atoms. The van der Waals surface area contributed by atoms with Crippen LogP contribution >= 0.6 is 0 Å². The number of fused-ring (bicyclic) bond motifs is 5. The molecule has 11 nitrogen and oxygen atoms in total. The lowest BCUT2D eigenvalue weighted by Gasteiger charge is -2.63. The van der Waals surface area contributed by atoms with E-state index >= 15 is 0 Å². The molecule has 258 valence electrons. The fourth-order valence-corrected chi connectivity index (χ4v) is 10.2. The first-order chi connectivity index (χ1) is 21.3. The maximum atomic E-state index is 14.5. The van der Waals surface area contributed by atoms with E-state index in [1.54, 1.807) is 13.8 Å². The van der Waals surface area contributed by atoms with Crippen LogP contribution in [0.25, 0.3) is 0 Å². The van der Waals surface area contributed by atoms with Gasteiger partial charge in [0.1, 0.15) is 30.2 Å². The molecule has 0 aromatic carbocycles. The highest BCUT2D eigenvalue weighted by Gasteiger charge is 2.74. The minimum absolute atomic E-state index is 0.0508. The molecule has 1 aliphatic heterocycles. The summed E-state index contributed by atoms with van der Waals surface area (Å²) in [5.74, 6) is -2.04. The predicted molar refractivity (Wildman–Crippen MR) is 166 cm³/mol. The zero-order valence-corrected chi connectivity index (χ0v) is 27.8. The van der Waals surface area contributed by atoms with Gasteiger partial charge in [0, 0.05) is 30.1 Å². The average molecular weight is 649 g/mol. The largest absolute Gasteiger partial charge is 0.458 e. The maximum absolute atomic E-state index is 14.5. The Morgan fingerprint density at radius 3 is 2.39 bits per heavy atom. The van der Waals surface area contributed by atoms with Crippen molar-refractivity contribution in [2.24, 2.45) is 34.0 Å². The number of ketones is 2. The summed E-state index contributed by atoms with van der Waals surface area (Å²) in [5.41, 5.74) is -1.96. The maximum Gasteiger partial charge on any atom is 0.229 e. The summed E-state index contributed by atoms with van der Waals surface area (Å²) >= 11 is 0. The summed E-state index contributed by atoms with van der Waals surface area (Å²) in [6.45, 7) is 14.3. The highest BCUT2D eigenvalue weighted by atomic mass is 16.7. The van der Waals surface area contributed by atoms with E-state index in [0.717, 1.165) is 11.1 Å². The highest BCUT2D eigenvalue weighted by molar-refractivity contribution is 5.99. The molecule has 0 spiro atoms. The van der Waals surface area contributed by atoms with Crippen LogP contribution in [0.1, 0.15) is 80.1 Å². The van der Waals surface area contributed by atoms with Crippen LogP contribution in [0.3, 0.4) is 0 Å². The van der Waals surface area contributed by atoms with Crippen molar-refractivity contribution in [2.45, 2.75) is 129 Å². The normalized spacial score (nSPS) is 46.1. The van der Waals surface area contributed by atoms with Gasteiger partial charge in [0.2, 0.25) is 6.29 Å². The van der Waals surface area contributed by atoms with E-state index in [0.29, 0.717) is 24.8 Å². The highest BCUT2D eigenvalue weighted by Crippen LogP contribution is 2.73. The zero-order valence-electron chi connectivity index (χ0n) is 27.8. The Bertz CT molecular complexity index is 1330. The number of hydrogen-bond acceptors (Lipinski definition) is 11. The fraction of sp³-hybridized carbons (Fsp3) is 0.771. The standard InChI is InChI=1S/C35H52O11/c1-16(2)8-11-24(39)35(7,44)30-21(38)13-32(4)23-10-9-18-17(3)29(46-31-28(43)27(42)26(41)22(15-36)45-31)20(37)12-19(18)34(23,6)25(40)14-33(30,32)5/h9,19,21-24,26-28,30-31,36,38-39,41-44H,1,8,10-15H2,2-7H3. The smallest absolute Gasteiger partial charge is 0.229 e. The van der Waals surface area contributed by atoms with E-state index in [-0.39, 0.29) is 36.7 Å². The molecule has 14 atom stereocenters. The van der Waals surface area contributed by atoms with Gasteiger partial charge in [-0.05, 0) is 74.3 Å². The van der Waals surface area contributed by atoms with Crippen molar-refractivity contribution in [3.8, 4) is 0 Å². The number of Topliss-reactive ketones (excluding diaryl/α,β-unsaturated/α-hetero) is 2. The Morgan fingerprint density at radius 1 is 1.13 bits per heavy atom. The second kappa shape index (κ2) is 11.9. The van der Waals surface area contributed by atoms with E-state index in [1.807, 2.05) is 26.8 Å². The van der Waals surface area contributed by atoms with Crippen LogP contribution in [0, 0.1) is 34.0 Å². The Morgan fingerprint density at radius 2 is 1.78 bits per heavy atom. The lowest BCUT2D eigenvalue weighted by atomic mass is 9.39. The van der Waals surface area contributed by atoms with E-state index in [9.17, 15) is 45.3 Å². The van der Waals surface area contributed by atoms with Gasteiger partial charge in [0.25, 0.3) is 0 Å². The molecule has 1 heterocycles. The Hall–Kier alpha value is -1.96. The molecule has 5 rings (SSSR count). The quantitative estimate of drug-likeness (QED) is 0.188. The molecule has 14 unspecified atom stereocenters. The van der Waals surface area contributed by atoms with Gasteiger partial charge >= 0.3 is 0 Å². The molecular formula is C35H52O11. The number of hydrogen-bond donors (Lipinski definition) is 7. The Kier molecular flexibility index (Phi) is 9.12. The molecule has 5 aliphatic rings. The van der Waals surface area contributed by atoms with E-state index < -0.39 is 89.0 Å². The fourth-order valence-electron chi connectivity index (χ4n) is 10.2. The third-order valence-corrected chi connectivity index (χ3v) is 13.0. The second-order valence-electron chi connectivity index (χ2n) is 15.6. The third-order valence-electron chi connectivity index (χ3n) is 13.0. The molecule has 1 saturated heterocycles. The van der Waals surface area contributed by atoms with Gasteiger partial charge in [-0.3, -0.25) is 9.59 Å². The lowest BCUT2D eigenvalue weighted by molar-refractivity contribution is -0.291. The Balaban J connectivity index is 1.48. The molecule has 4 aliphatic carbocycles. The molecule has 2 saturated carbocycles. The van der Waals surface area contributed by atoms with Crippen molar-refractivity contribution in [1.82, 2.24) is 0 Å². The summed E-state index contributed by atoms with van der Waals surface area (Å²) in [6.07, 6.45) is -6.08. The van der Waals surface area contributed by atoms with Crippen LogP contribution < -0.4 is 0 Å². The van der Waals surface area contributed by atoms with Gasteiger partial charge in [-0.15, -0.1) is 6.58 Å². The molecule has 0 amide bonds. The van der Waals surface area contributed by atoms with E-state index in [4.69, 9.17) is 9.47 Å². The van der Waals surface area contributed by atoms with Gasteiger partial charge in [-0.25, -0.2) is 0 Å².